The number of aliphatic hydroxyl groups excluding tert-OH is 1. The monoisotopic (exact) mass is 245 g/mol. The van der Waals surface area contributed by atoms with Crippen LogP contribution in [0.1, 0.15) is 25.3 Å². The van der Waals surface area contributed by atoms with Gasteiger partial charge >= 0.3 is 0 Å². The average Bonchev–Trinajstić information content (AvgIpc) is 2.84. The molecule has 2 atom stereocenters. The van der Waals surface area contributed by atoms with Crippen LogP contribution in [0, 0.1) is 11.8 Å². The van der Waals surface area contributed by atoms with Crippen molar-refractivity contribution in [3.8, 4) is 0 Å². The summed E-state index contributed by atoms with van der Waals surface area (Å²) in [4.78, 5) is 2.24. The van der Waals surface area contributed by atoms with Crippen molar-refractivity contribution in [2.45, 2.75) is 19.8 Å². The number of likely N-dealkylation sites (tertiary alicyclic amines) is 1. The van der Waals surface area contributed by atoms with E-state index in [1.165, 1.54) is 5.56 Å². The molecule has 0 spiro atoms. The number of hydrogen-bond acceptors (Lipinski definition) is 2. The van der Waals surface area contributed by atoms with Crippen molar-refractivity contribution >= 4 is 0 Å². The van der Waals surface area contributed by atoms with Crippen LogP contribution < -0.4 is 0 Å². The SMILES string of the molecule is C=C(CO)N1C[C@H](c2ccccc2)[C@@H](C(C)C)C1. The fourth-order valence-electron chi connectivity index (χ4n) is 2.92. The van der Waals surface area contributed by atoms with Gasteiger partial charge in [0.1, 0.15) is 0 Å². The maximum atomic E-state index is 9.24. The molecule has 0 radical (unpaired) electrons. The van der Waals surface area contributed by atoms with Crippen molar-refractivity contribution in [2.75, 3.05) is 19.7 Å². The van der Waals surface area contributed by atoms with E-state index in [1.807, 2.05) is 0 Å². The summed E-state index contributed by atoms with van der Waals surface area (Å²) in [6.45, 7) is 10.6. The Hall–Kier alpha value is -1.28. The van der Waals surface area contributed by atoms with Gasteiger partial charge in [0.15, 0.2) is 0 Å². The summed E-state index contributed by atoms with van der Waals surface area (Å²) >= 11 is 0. The quantitative estimate of drug-likeness (QED) is 0.881. The lowest BCUT2D eigenvalue weighted by Crippen LogP contribution is -2.22. The molecule has 1 aromatic carbocycles. The van der Waals surface area contributed by atoms with Gasteiger partial charge in [-0.2, -0.15) is 0 Å². The first-order valence-electron chi connectivity index (χ1n) is 6.72. The summed E-state index contributed by atoms with van der Waals surface area (Å²) in [5.41, 5.74) is 2.25. The summed E-state index contributed by atoms with van der Waals surface area (Å²) in [6.07, 6.45) is 0. The van der Waals surface area contributed by atoms with Crippen LogP contribution in [0.3, 0.4) is 0 Å². The Morgan fingerprint density at radius 2 is 2.00 bits per heavy atom. The molecule has 0 saturated carbocycles. The van der Waals surface area contributed by atoms with Crippen molar-refractivity contribution in [2.24, 2.45) is 11.8 Å². The zero-order valence-electron chi connectivity index (χ0n) is 11.3. The zero-order valence-corrected chi connectivity index (χ0v) is 11.3. The number of rotatable bonds is 4. The highest BCUT2D eigenvalue weighted by Gasteiger charge is 2.35. The third-order valence-electron chi connectivity index (χ3n) is 4.08. The van der Waals surface area contributed by atoms with Crippen LogP contribution in [-0.4, -0.2) is 29.7 Å². The molecule has 1 N–H and O–H groups in total. The van der Waals surface area contributed by atoms with E-state index in [9.17, 15) is 5.11 Å². The van der Waals surface area contributed by atoms with Crippen LogP contribution in [0.25, 0.3) is 0 Å². The van der Waals surface area contributed by atoms with E-state index in [-0.39, 0.29) is 6.61 Å². The van der Waals surface area contributed by atoms with Gasteiger partial charge in [0.25, 0.3) is 0 Å². The largest absolute Gasteiger partial charge is 0.390 e. The molecule has 0 aromatic heterocycles. The Kier molecular flexibility index (Phi) is 4.07. The van der Waals surface area contributed by atoms with Gasteiger partial charge in [-0.25, -0.2) is 0 Å². The molecule has 0 aliphatic carbocycles. The molecule has 1 aliphatic rings. The first kappa shape index (κ1) is 13.2. The smallest absolute Gasteiger partial charge is 0.0823 e. The molecular weight excluding hydrogens is 222 g/mol. The summed E-state index contributed by atoms with van der Waals surface area (Å²) < 4.78 is 0. The van der Waals surface area contributed by atoms with Crippen molar-refractivity contribution in [3.05, 3.63) is 48.2 Å². The predicted molar refractivity (Wildman–Crippen MR) is 75.3 cm³/mol. The van der Waals surface area contributed by atoms with Gasteiger partial charge in [0.2, 0.25) is 0 Å². The van der Waals surface area contributed by atoms with E-state index >= 15 is 0 Å². The third-order valence-corrected chi connectivity index (χ3v) is 4.08. The molecule has 18 heavy (non-hydrogen) atoms. The van der Waals surface area contributed by atoms with E-state index in [0.717, 1.165) is 18.8 Å². The van der Waals surface area contributed by atoms with Crippen LogP contribution in [0.5, 0.6) is 0 Å². The molecule has 0 amide bonds. The lowest BCUT2D eigenvalue weighted by molar-refractivity contribution is 0.266. The van der Waals surface area contributed by atoms with Gasteiger partial charge in [-0.15, -0.1) is 0 Å². The van der Waals surface area contributed by atoms with E-state index in [2.05, 4.69) is 55.7 Å². The zero-order chi connectivity index (χ0) is 13.1. The maximum absolute atomic E-state index is 9.24. The highest BCUT2D eigenvalue weighted by Crippen LogP contribution is 2.38. The van der Waals surface area contributed by atoms with Gasteiger partial charge in [-0.3, -0.25) is 0 Å². The molecule has 1 saturated heterocycles. The molecule has 1 fully saturated rings. The van der Waals surface area contributed by atoms with Crippen molar-refractivity contribution in [1.29, 1.82) is 0 Å². The van der Waals surface area contributed by atoms with E-state index < -0.39 is 0 Å². The van der Waals surface area contributed by atoms with Gasteiger partial charge in [-0.1, -0.05) is 50.8 Å². The Labute approximate surface area is 110 Å². The molecule has 0 bridgehead atoms. The second-order valence-corrected chi connectivity index (χ2v) is 5.55. The molecule has 0 unspecified atom stereocenters. The minimum Gasteiger partial charge on any atom is -0.390 e. The molecule has 2 nitrogen and oxygen atoms in total. The molecular formula is C16H23NO. The lowest BCUT2D eigenvalue weighted by atomic mass is 9.82. The van der Waals surface area contributed by atoms with E-state index in [0.29, 0.717) is 17.8 Å². The van der Waals surface area contributed by atoms with Gasteiger partial charge in [0.05, 0.1) is 6.61 Å². The normalized spacial score (nSPS) is 23.7. The Balaban J connectivity index is 2.20. The molecule has 2 rings (SSSR count). The highest BCUT2D eigenvalue weighted by molar-refractivity contribution is 5.23. The van der Waals surface area contributed by atoms with Gasteiger partial charge < -0.3 is 10.0 Å². The first-order chi connectivity index (χ1) is 8.63. The number of aliphatic hydroxyl groups is 1. The molecule has 1 aromatic rings. The topological polar surface area (TPSA) is 23.5 Å². The summed E-state index contributed by atoms with van der Waals surface area (Å²) in [5.74, 6) is 1.83. The number of nitrogens with zero attached hydrogens (tertiary/aromatic N) is 1. The first-order valence-corrected chi connectivity index (χ1v) is 6.72. The van der Waals surface area contributed by atoms with Crippen LogP contribution in [0.15, 0.2) is 42.6 Å². The van der Waals surface area contributed by atoms with Crippen LogP contribution in [0.2, 0.25) is 0 Å². The van der Waals surface area contributed by atoms with Crippen LogP contribution in [0.4, 0.5) is 0 Å². The van der Waals surface area contributed by atoms with Gasteiger partial charge in [-0.05, 0) is 17.4 Å². The highest BCUT2D eigenvalue weighted by atomic mass is 16.3. The molecule has 1 heterocycles. The van der Waals surface area contributed by atoms with Crippen molar-refractivity contribution < 1.29 is 5.11 Å². The fraction of sp³-hybridized carbons (Fsp3) is 0.500. The Morgan fingerprint density at radius 1 is 1.33 bits per heavy atom. The number of hydrogen-bond donors (Lipinski definition) is 1. The molecule has 2 heteroatoms. The van der Waals surface area contributed by atoms with Crippen LogP contribution >= 0.6 is 0 Å². The molecule has 1 aliphatic heterocycles. The summed E-state index contributed by atoms with van der Waals surface area (Å²) in [6, 6.07) is 10.7. The third kappa shape index (κ3) is 2.59. The Morgan fingerprint density at radius 3 is 2.56 bits per heavy atom. The van der Waals surface area contributed by atoms with E-state index in [1.54, 1.807) is 0 Å². The summed E-state index contributed by atoms with van der Waals surface area (Å²) in [7, 11) is 0. The minimum atomic E-state index is 0.0618. The van der Waals surface area contributed by atoms with Crippen molar-refractivity contribution in [1.82, 2.24) is 4.90 Å². The second-order valence-electron chi connectivity index (χ2n) is 5.55. The Bertz CT molecular complexity index is 399. The molecule has 98 valence electrons. The minimum absolute atomic E-state index is 0.0618. The van der Waals surface area contributed by atoms with Crippen molar-refractivity contribution in [3.63, 3.8) is 0 Å². The standard InChI is InChI=1S/C16H23NO/c1-12(2)15-9-17(13(3)11-18)10-16(15)14-7-5-4-6-8-14/h4-8,12,15-16,18H,3,9-11H2,1-2H3/t15-,16-/m1/s1. The van der Waals surface area contributed by atoms with Crippen LogP contribution in [-0.2, 0) is 0 Å². The van der Waals surface area contributed by atoms with Gasteiger partial charge in [0, 0.05) is 24.7 Å². The maximum Gasteiger partial charge on any atom is 0.0823 e. The lowest BCUT2D eigenvalue weighted by Gasteiger charge is -2.21. The average molecular weight is 245 g/mol. The number of benzene rings is 1. The second kappa shape index (κ2) is 5.57. The summed E-state index contributed by atoms with van der Waals surface area (Å²) in [5, 5.41) is 9.24. The van der Waals surface area contributed by atoms with E-state index in [4.69, 9.17) is 0 Å². The predicted octanol–water partition coefficient (Wildman–Crippen LogP) is 2.86. The fourth-order valence-corrected chi connectivity index (χ4v) is 2.92.